The van der Waals surface area contributed by atoms with E-state index in [1.165, 1.54) is 0 Å². The molecule has 0 atom stereocenters. The maximum absolute atomic E-state index is 6.43. The number of hydrogen-bond acceptors (Lipinski definition) is 2. The van der Waals surface area contributed by atoms with Gasteiger partial charge in [0, 0.05) is 17.2 Å². The van der Waals surface area contributed by atoms with Crippen LogP contribution in [0, 0.1) is 0 Å². The largest absolute Gasteiger partial charge is 0.456 e. The van der Waals surface area contributed by atoms with Gasteiger partial charge in [0.05, 0.1) is 0 Å². The Morgan fingerprint density at radius 2 is 0.882 bits per heavy atom. The predicted octanol–water partition coefficient (Wildman–Crippen LogP) is 10.0. The molecule has 0 spiro atoms. The molecule has 0 heterocycles. The summed E-state index contributed by atoms with van der Waals surface area (Å²) in [4.78, 5) is 0. The lowest BCUT2D eigenvalue weighted by Crippen LogP contribution is -1.91. The van der Waals surface area contributed by atoms with Crippen molar-refractivity contribution in [3.05, 3.63) is 131 Å². The number of hydrogen-bond donors (Lipinski definition) is 0. The quantitative estimate of drug-likeness (QED) is 0.219. The van der Waals surface area contributed by atoms with E-state index >= 15 is 0 Å². The van der Waals surface area contributed by atoms with E-state index < -0.39 is 0 Å². The number of rotatable bonds is 6. The highest BCUT2D eigenvalue weighted by molar-refractivity contribution is 9.10. The zero-order valence-electron chi connectivity index (χ0n) is 18.1. The van der Waals surface area contributed by atoms with E-state index in [9.17, 15) is 0 Å². The molecule has 34 heavy (non-hydrogen) atoms. The Hall–Kier alpha value is -3.53. The Balaban J connectivity index is 1.42. The zero-order valence-corrected chi connectivity index (χ0v) is 20.5. The monoisotopic (exact) mass is 526 g/mol. The molecule has 2 nitrogen and oxygen atoms in total. The van der Waals surface area contributed by atoms with Gasteiger partial charge >= 0.3 is 0 Å². The zero-order chi connectivity index (χ0) is 23.3. The summed E-state index contributed by atoms with van der Waals surface area (Å²) < 4.78 is 13.1. The van der Waals surface area contributed by atoms with E-state index in [-0.39, 0.29) is 0 Å². The minimum absolute atomic E-state index is 0.520. The van der Waals surface area contributed by atoms with Crippen LogP contribution in [0.3, 0.4) is 0 Å². The highest BCUT2D eigenvalue weighted by Gasteiger charge is 2.14. The van der Waals surface area contributed by atoms with Crippen molar-refractivity contribution < 1.29 is 9.47 Å². The van der Waals surface area contributed by atoms with Crippen molar-refractivity contribution in [2.75, 3.05) is 0 Å². The number of ether oxygens (including phenoxy) is 2. The summed E-state index contributed by atoms with van der Waals surface area (Å²) in [5.41, 5.74) is 4.40. The third-order valence-electron chi connectivity index (χ3n) is 5.31. The van der Waals surface area contributed by atoms with Crippen molar-refractivity contribution in [3.63, 3.8) is 0 Å². The molecule has 5 rings (SSSR count). The molecule has 0 aliphatic rings. The lowest BCUT2D eigenvalue weighted by Gasteiger charge is -2.14. The van der Waals surface area contributed by atoms with Gasteiger partial charge in [-0.1, -0.05) is 96.5 Å². The van der Waals surface area contributed by atoms with Crippen molar-refractivity contribution in [1.29, 1.82) is 0 Å². The fraction of sp³-hybridized carbons (Fsp3) is 0. The topological polar surface area (TPSA) is 18.5 Å². The van der Waals surface area contributed by atoms with Crippen LogP contribution in [-0.4, -0.2) is 0 Å². The fourth-order valence-corrected chi connectivity index (χ4v) is 4.27. The van der Waals surface area contributed by atoms with Gasteiger partial charge in [0.2, 0.25) is 0 Å². The van der Waals surface area contributed by atoms with Gasteiger partial charge in [-0.3, -0.25) is 0 Å². The highest BCUT2D eigenvalue weighted by atomic mass is 79.9. The molecule has 0 N–H and O–H groups in total. The van der Waals surface area contributed by atoms with Gasteiger partial charge in [0.15, 0.2) is 0 Å². The van der Waals surface area contributed by atoms with Crippen LogP contribution in [0.4, 0.5) is 0 Å². The van der Waals surface area contributed by atoms with Crippen molar-refractivity contribution >= 4 is 27.5 Å². The summed E-state index contributed by atoms with van der Waals surface area (Å²) in [7, 11) is 0. The van der Waals surface area contributed by atoms with Crippen LogP contribution < -0.4 is 9.47 Å². The second-order valence-electron chi connectivity index (χ2n) is 7.71. The fourth-order valence-electron chi connectivity index (χ4n) is 3.68. The Morgan fingerprint density at radius 3 is 1.32 bits per heavy atom. The average molecular weight is 528 g/mol. The molecule has 4 heteroatoms. The molecule has 0 amide bonds. The van der Waals surface area contributed by atoms with Crippen LogP contribution in [0.1, 0.15) is 0 Å². The van der Waals surface area contributed by atoms with E-state index in [4.69, 9.17) is 21.1 Å². The predicted molar refractivity (Wildman–Crippen MR) is 143 cm³/mol. The molecular formula is C30H20BrClO2. The molecule has 0 aromatic heterocycles. The summed E-state index contributed by atoms with van der Waals surface area (Å²) in [5, 5.41) is 0.520. The van der Waals surface area contributed by atoms with Crippen molar-refractivity contribution in [3.8, 4) is 45.3 Å². The SMILES string of the molecule is Clc1cc(Oc2cccc(-c3ccccc3)c2)c(Br)c(Oc2cccc(-c3ccccc3)c2)c1. The summed E-state index contributed by atoms with van der Waals surface area (Å²) in [6, 6.07) is 39.8. The second kappa shape index (κ2) is 10.2. The van der Waals surface area contributed by atoms with Crippen molar-refractivity contribution in [2.45, 2.75) is 0 Å². The molecule has 0 saturated carbocycles. The standard InChI is InChI=1S/C30H20BrClO2/c31-30-28(33-26-15-7-13-23(17-26)21-9-3-1-4-10-21)19-25(32)20-29(30)34-27-16-8-14-24(18-27)22-11-5-2-6-12-22/h1-20H. The molecule has 0 aliphatic heterocycles. The Bertz CT molecular complexity index is 1310. The van der Waals surface area contributed by atoms with Crippen molar-refractivity contribution in [2.24, 2.45) is 0 Å². The van der Waals surface area contributed by atoms with Crippen LogP contribution in [0.5, 0.6) is 23.0 Å². The molecule has 0 radical (unpaired) electrons. The van der Waals surface area contributed by atoms with Gasteiger partial charge in [-0.15, -0.1) is 0 Å². The van der Waals surface area contributed by atoms with E-state index in [1.807, 2.05) is 72.8 Å². The van der Waals surface area contributed by atoms with Crippen LogP contribution >= 0.6 is 27.5 Å². The second-order valence-corrected chi connectivity index (χ2v) is 8.94. The first-order valence-electron chi connectivity index (χ1n) is 10.8. The summed E-state index contributed by atoms with van der Waals surface area (Å²) in [6.45, 7) is 0. The van der Waals surface area contributed by atoms with Gasteiger partial charge in [-0.05, 0) is 62.4 Å². The molecule has 0 fully saturated rings. The normalized spacial score (nSPS) is 10.6. The highest BCUT2D eigenvalue weighted by Crippen LogP contribution is 2.42. The lowest BCUT2D eigenvalue weighted by atomic mass is 10.1. The maximum atomic E-state index is 6.43. The molecule has 0 unspecified atom stereocenters. The molecule has 0 aliphatic carbocycles. The first-order valence-corrected chi connectivity index (χ1v) is 12.0. The molecule has 5 aromatic rings. The van der Waals surface area contributed by atoms with Gasteiger partial charge in [-0.25, -0.2) is 0 Å². The first-order chi connectivity index (χ1) is 16.7. The third-order valence-corrected chi connectivity index (χ3v) is 6.31. The molecule has 5 aromatic carbocycles. The van der Waals surface area contributed by atoms with E-state index in [0.29, 0.717) is 32.5 Å². The van der Waals surface area contributed by atoms with Gasteiger partial charge < -0.3 is 9.47 Å². The van der Waals surface area contributed by atoms with E-state index in [0.717, 1.165) is 22.3 Å². The Morgan fingerprint density at radius 1 is 0.471 bits per heavy atom. The van der Waals surface area contributed by atoms with Crippen LogP contribution in [0.15, 0.2) is 126 Å². The van der Waals surface area contributed by atoms with Gasteiger partial charge in [0.1, 0.15) is 27.5 Å². The average Bonchev–Trinajstić information content (AvgIpc) is 2.88. The minimum Gasteiger partial charge on any atom is -0.456 e. The summed E-state index contributed by atoms with van der Waals surface area (Å²) in [5.74, 6) is 2.57. The van der Waals surface area contributed by atoms with Crippen LogP contribution in [0.25, 0.3) is 22.3 Å². The van der Waals surface area contributed by atoms with Gasteiger partial charge in [-0.2, -0.15) is 0 Å². The van der Waals surface area contributed by atoms with E-state index in [1.54, 1.807) is 12.1 Å². The summed E-state index contributed by atoms with van der Waals surface area (Å²) >= 11 is 10.1. The number of halogens is 2. The van der Waals surface area contributed by atoms with Crippen LogP contribution in [0.2, 0.25) is 5.02 Å². The Labute approximate surface area is 212 Å². The molecule has 0 bridgehead atoms. The number of benzene rings is 5. The smallest absolute Gasteiger partial charge is 0.146 e. The third kappa shape index (κ3) is 5.17. The minimum atomic E-state index is 0.520. The molecule has 166 valence electrons. The van der Waals surface area contributed by atoms with Crippen LogP contribution in [-0.2, 0) is 0 Å². The maximum Gasteiger partial charge on any atom is 0.146 e. The summed E-state index contributed by atoms with van der Waals surface area (Å²) in [6.07, 6.45) is 0. The first kappa shape index (κ1) is 22.3. The molecular weight excluding hydrogens is 508 g/mol. The van der Waals surface area contributed by atoms with Crippen molar-refractivity contribution in [1.82, 2.24) is 0 Å². The molecule has 0 saturated heterocycles. The Kier molecular flexibility index (Phi) is 6.66. The lowest BCUT2D eigenvalue weighted by molar-refractivity contribution is 0.455. The van der Waals surface area contributed by atoms with Gasteiger partial charge in [0.25, 0.3) is 0 Å². The van der Waals surface area contributed by atoms with E-state index in [2.05, 4.69) is 52.3 Å².